The van der Waals surface area contributed by atoms with Crippen LogP contribution in [0.4, 0.5) is 0 Å². The van der Waals surface area contributed by atoms with Gasteiger partial charge in [0.05, 0.1) is 18.6 Å². The highest BCUT2D eigenvalue weighted by Crippen LogP contribution is 2.34. The first-order chi connectivity index (χ1) is 8.34. The molecule has 4 nitrogen and oxygen atoms in total. The number of nitrogens with zero attached hydrogens (tertiary/aromatic N) is 1. The standard InChI is InChI=1S/C13H21N3O/c14-7-13(8-17-9-13)12-15-6-11(16-12)10-4-2-1-3-5-10/h6,10H,1-5,7-9,14H2,(H,15,16). The van der Waals surface area contributed by atoms with E-state index in [0.29, 0.717) is 25.7 Å². The molecule has 0 spiro atoms. The lowest BCUT2D eigenvalue weighted by Crippen LogP contribution is -2.53. The van der Waals surface area contributed by atoms with Crippen LogP contribution in [0, 0.1) is 0 Å². The largest absolute Gasteiger partial charge is 0.379 e. The molecule has 3 N–H and O–H groups in total. The third-order valence-electron chi connectivity index (χ3n) is 4.29. The van der Waals surface area contributed by atoms with Crippen LogP contribution in [0.5, 0.6) is 0 Å². The summed E-state index contributed by atoms with van der Waals surface area (Å²) in [7, 11) is 0. The van der Waals surface area contributed by atoms with Crippen LogP contribution in [0.1, 0.15) is 49.5 Å². The zero-order valence-corrected chi connectivity index (χ0v) is 10.2. The van der Waals surface area contributed by atoms with Crippen LogP contribution in [-0.4, -0.2) is 29.7 Å². The molecule has 3 rings (SSSR count). The molecule has 1 aliphatic carbocycles. The predicted molar refractivity (Wildman–Crippen MR) is 66.0 cm³/mol. The van der Waals surface area contributed by atoms with Crippen molar-refractivity contribution in [3.05, 3.63) is 17.7 Å². The smallest absolute Gasteiger partial charge is 0.118 e. The molecule has 4 heteroatoms. The summed E-state index contributed by atoms with van der Waals surface area (Å²) in [6.45, 7) is 2.03. The Morgan fingerprint density at radius 3 is 2.71 bits per heavy atom. The second kappa shape index (κ2) is 4.42. The molecule has 94 valence electrons. The van der Waals surface area contributed by atoms with Gasteiger partial charge in [-0.3, -0.25) is 0 Å². The summed E-state index contributed by atoms with van der Waals surface area (Å²) in [6.07, 6.45) is 8.70. The maximum absolute atomic E-state index is 5.85. The molecule has 0 aromatic carbocycles. The van der Waals surface area contributed by atoms with E-state index in [9.17, 15) is 0 Å². The molecule has 2 aliphatic rings. The summed E-state index contributed by atoms with van der Waals surface area (Å²) >= 11 is 0. The third kappa shape index (κ3) is 1.89. The van der Waals surface area contributed by atoms with Gasteiger partial charge in [0.25, 0.3) is 0 Å². The van der Waals surface area contributed by atoms with Crippen molar-refractivity contribution in [2.24, 2.45) is 5.73 Å². The molecule has 2 heterocycles. The fourth-order valence-corrected chi connectivity index (χ4v) is 2.93. The summed E-state index contributed by atoms with van der Waals surface area (Å²) in [5, 5.41) is 0. The molecule has 0 bridgehead atoms. The molecule has 1 saturated carbocycles. The predicted octanol–water partition coefficient (Wildman–Crippen LogP) is 1.68. The van der Waals surface area contributed by atoms with Crippen LogP contribution in [0.15, 0.2) is 6.20 Å². The summed E-state index contributed by atoms with van der Waals surface area (Å²) < 4.78 is 5.30. The monoisotopic (exact) mass is 235 g/mol. The van der Waals surface area contributed by atoms with E-state index in [0.717, 1.165) is 5.82 Å². The van der Waals surface area contributed by atoms with Crippen molar-refractivity contribution in [2.45, 2.75) is 43.4 Å². The Balaban J connectivity index is 1.77. The van der Waals surface area contributed by atoms with E-state index in [-0.39, 0.29) is 5.41 Å². The van der Waals surface area contributed by atoms with Crippen LogP contribution >= 0.6 is 0 Å². The van der Waals surface area contributed by atoms with Gasteiger partial charge in [-0.05, 0) is 12.8 Å². The summed E-state index contributed by atoms with van der Waals surface area (Å²) in [5.74, 6) is 1.72. The fraction of sp³-hybridized carbons (Fsp3) is 0.769. The van der Waals surface area contributed by atoms with E-state index in [1.807, 2.05) is 6.20 Å². The van der Waals surface area contributed by atoms with E-state index in [4.69, 9.17) is 10.5 Å². The van der Waals surface area contributed by atoms with Gasteiger partial charge >= 0.3 is 0 Å². The topological polar surface area (TPSA) is 63.9 Å². The number of aromatic amines is 1. The lowest BCUT2D eigenvalue weighted by atomic mass is 9.85. The molecule has 0 amide bonds. The summed E-state index contributed by atoms with van der Waals surface area (Å²) in [4.78, 5) is 8.05. The first kappa shape index (κ1) is 11.2. The van der Waals surface area contributed by atoms with Crippen molar-refractivity contribution in [3.8, 4) is 0 Å². The number of imidazole rings is 1. The Morgan fingerprint density at radius 2 is 2.12 bits per heavy atom. The molecule has 0 radical (unpaired) electrons. The van der Waals surface area contributed by atoms with E-state index >= 15 is 0 Å². The van der Waals surface area contributed by atoms with E-state index in [1.54, 1.807) is 0 Å². The molecule has 1 aromatic heterocycles. The number of nitrogens with two attached hydrogens (primary N) is 1. The number of hydrogen-bond donors (Lipinski definition) is 2. The zero-order chi connectivity index (χ0) is 11.7. The van der Waals surface area contributed by atoms with Gasteiger partial charge in [0, 0.05) is 24.4 Å². The highest BCUT2D eigenvalue weighted by molar-refractivity contribution is 5.19. The maximum atomic E-state index is 5.85. The molecule has 0 atom stereocenters. The van der Waals surface area contributed by atoms with Crippen molar-refractivity contribution < 1.29 is 4.74 Å². The van der Waals surface area contributed by atoms with Gasteiger partial charge in [-0.25, -0.2) is 4.98 Å². The number of H-pyrrole nitrogens is 1. The lowest BCUT2D eigenvalue weighted by molar-refractivity contribution is -0.0590. The molecule has 0 unspecified atom stereocenters. The van der Waals surface area contributed by atoms with E-state index < -0.39 is 0 Å². The lowest BCUT2D eigenvalue weighted by Gasteiger charge is -2.38. The molecule has 1 aromatic rings. The molecule has 2 fully saturated rings. The fourth-order valence-electron chi connectivity index (χ4n) is 2.93. The quantitative estimate of drug-likeness (QED) is 0.838. The number of rotatable bonds is 3. The van der Waals surface area contributed by atoms with Crippen LogP contribution in [0.2, 0.25) is 0 Å². The number of hydrogen-bond acceptors (Lipinski definition) is 3. The van der Waals surface area contributed by atoms with Gasteiger partial charge in [-0.1, -0.05) is 19.3 Å². The maximum Gasteiger partial charge on any atom is 0.118 e. The second-order valence-corrected chi connectivity index (χ2v) is 5.50. The molecule has 1 aliphatic heterocycles. The minimum atomic E-state index is -0.0348. The van der Waals surface area contributed by atoms with Crippen molar-refractivity contribution in [1.29, 1.82) is 0 Å². The highest BCUT2D eigenvalue weighted by atomic mass is 16.5. The van der Waals surface area contributed by atoms with Gasteiger partial charge in [0.2, 0.25) is 0 Å². The Kier molecular flexibility index (Phi) is 2.92. The van der Waals surface area contributed by atoms with Crippen molar-refractivity contribution in [1.82, 2.24) is 9.97 Å². The van der Waals surface area contributed by atoms with Gasteiger partial charge in [-0.15, -0.1) is 0 Å². The van der Waals surface area contributed by atoms with Crippen LogP contribution in [0.3, 0.4) is 0 Å². The Hall–Kier alpha value is -0.870. The minimum absolute atomic E-state index is 0.0348. The highest BCUT2D eigenvalue weighted by Gasteiger charge is 2.42. The summed E-state index contributed by atoms with van der Waals surface area (Å²) in [5.41, 5.74) is 7.12. The Labute approximate surface area is 102 Å². The minimum Gasteiger partial charge on any atom is -0.379 e. The van der Waals surface area contributed by atoms with Gasteiger partial charge in [-0.2, -0.15) is 0 Å². The SMILES string of the molecule is NCC1(c2ncc(C3CCCCC3)[nH]2)COC1. The molecular weight excluding hydrogens is 214 g/mol. The molecular formula is C13H21N3O. The third-order valence-corrected chi connectivity index (χ3v) is 4.29. The van der Waals surface area contributed by atoms with Crippen molar-refractivity contribution in [2.75, 3.05) is 19.8 Å². The average molecular weight is 235 g/mol. The van der Waals surface area contributed by atoms with Crippen LogP contribution in [0.25, 0.3) is 0 Å². The number of ether oxygens (including phenoxy) is 1. The molecule has 1 saturated heterocycles. The van der Waals surface area contributed by atoms with E-state index in [2.05, 4.69) is 9.97 Å². The van der Waals surface area contributed by atoms with E-state index in [1.165, 1.54) is 37.8 Å². The first-order valence-electron chi connectivity index (χ1n) is 6.67. The van der Waals surface area contributed by atoms with Crippen molar-refractivity contribution >= 4 is 0 Å². The normalized spacial score (nSPS) is 24.5. The Bertz CT molecular complexity index is 372. The number of nitrogens with one attached hydrogen (secondary N) is 1. The van der Waals surface area contributed by atoms with Crippen LogP contribution in [-0.2, 0) is 10.2 Å². The average Bonchev–Trinajstić information content (AvgIpc) is 2.80. The molecule has 17 heavy (non-hydrogen) atoms. The summed E-state index contributed by atoms with van der Waals surface area (Å²) in [6, 6.07) is 0. The number of aromatic nitrogens is 2. The zero-order valence-electron chi connectivity index (χ0n) is 10.2. The first-order valence-corrected chi connectivity index (χ1v) is 6.67. The van der Waals surface area contributed by atoms with Gasteiger partial charge in [0.15, 0.2) is 0 Å². The van der Waals surface area contributed by atoms with Gasteiger partial charge < -0.3 is 15.5 Å². The van der Waals surface area contributed by atoms with Gasteiger partial charge in [0.1, 0.15) is 5.82 Å². The van der Waals surface area contributed by atoms with Crippen LogP contribution < -0.4 is 5.73 Å². The second-order valence-electron chi connectivity index (χ2n) is 5.50. The Morgan fingerprint density at radius 1 is 1.35 bits per heavy atom. The van der Waals surface area contributed by atoms with Crippen molar-refractivity contribution in [3.63, 3.8) is 0 Å².